The number of nitrogens with one attached hydrogen (secondary N) is 2. The summed E-state index contributed by atoms with van der Waals surface area (Å²) in [6.45, 7) is 0. The molecule has 1 aromatic heterocycles. The van der Waals surface area contributed by atoms with Gasteiger partial charge in [0.05, 0.1) is 0 Å². The van der Waals surface area contributed by atoms with Gasteiger partial charge in [-0.1, -0.05) is 0 Å². The van der Waals surface area contributed by atoms with Crippen LogP contribution in [0.3, 0.4) is 0 Å². The SMILES string of the molecule is O=c1ccc(=O)[nH][nH]1.[Pt]. The molecule has 0 unspecified atom stereocenters. The molecule has 0 fully saturated rings. The van der Waals surface area contributed by atoms with Crippen LogP contribution >= 0.6 is 0 Å². The van der Waals surface area contributed by atoms with Crippen molar-refractivity contribution in [1.82, 2.24) is 10.2 Å². The van der Waals surface area contributed by atoms with Crippen molar-refractivity contribution in [2.45, 2.75) is 0 Å². The van der Waals surface area contributed by atoms with E-state index in [1.807, 2.05) is 0 Å². The molecule has 0 bridgehead atoms. The largest absolute Gasteiger partial charge is 0.268 e. The molecule has 0 saturated carbocycles. The summed E-state index contributed by atoms with van der Waals surface area (Å²) in [7, 11) is 0. The molecule has 52 valence electrons. The summed E-state index contributed by atoms with van der Waals surface area (Å²) in [4.78, 5) is 20.4. The van der Waals surface area contributed by atoms with Crippen LogP contribution in [0.15, 0.2) is 21.7 Å². The van der Waals surface area contributed by atoms with Crippen LogP contribution in [-0.4, -0.2) is 10.2 Å². The maximum Gasteiger partial charge on any atom is 0.262 e. The quantitative estimate of drug-likeness (QED) is 0.650. The Morgan fingerprint density at radius 2 is 1.33 bits per heavy atom. The smallest absolute Gasteiger partial charge is 0.262 e. The fourth-order valence-electron chi connectivity index (χ4n) is 0.358. The van der Waals surface area contributed by atoms with E-state index in [2.05, 4.69) is 10.2 Å². The number of aromatic amines is 2. The van der Waals surface area contributed by atoms with Gasteiger partial charge in [0.15, 0.2) is 0 Å². The normalized spacial score (nSPS) is 8.00. The van der Waals surface area contributed by atoms with Gasteiger partial charge in [0.25, 0.3) is 11.1 Å². The van der Waals surface area contributed by atoms with Gasteiger partial charge in [0, 0.05) is 33.2 Å². The Morgan fingerprint density at radius 1 is 1.00 bits per heavy atom. The van der Waals surface area contributed by atoms with Gasteiger partial charge in [-0.05, 0) is 0 Å². The summed E-state index contributed by atoms with van der Waals surface area (Å²) < 4.78 is 0. The van der Waals surface area contributed by atoms with Crippen molar-refractivity contribution < 1.29 is 21.1 Å². The van der Waals surface area contributed by atoms with E-state index in [0.29, 0.717) is 0 Å². The van der Waals surface area contributed by atoms with Crippen molar-refractivity contribution in [2.24, 2.45) is 0 Å². The summed E-state index contributed by atoms with van der Waals surface area (Å²) in [5.41, 5.74) is -0.603. The van der Waals surface area contributed by atoms with E-state index in [9.17, 15) is 9.59 Å². The maximum absolute atomic E-state index is 10.2. The predicted molar refractivity (Wildman–Crippen MR) is 27.7 cm³/mol. The molecule has 0 aromatic carbocycles. The van der Waals surface area contributed by atoms with Gasteiger partial charge in [0.1, 0.15) is 0 Å². The third kappa shape index (κ3) is 2.42. The summed E-state index contributed by atoms with van der Waals surface area (Å²) in [5.74, 6) is 0. The molecule has 9 heavy (non-hydrogen) atoms. The zero-order valence-corrected chi connectivity index (χ0v) is 6.56. The molecule has 0 radical (unpaired) electrons. The van der Waals surface area contributed by atoms with E-state index < -0.39 is 0 Å². The molecule has 4 nitrogen and oxygen atoms in total. The van der Waals surface area contributed by atoms with Crippen LogP contribution in [0.5, 0.6) is 0 Å². The van der Waals surface area contributed by atoms with Gasteiger partial charge in [-0.2, -0.15) is 0 Å². The van der Waals surface area contributed by atoms with Crippen molar-refractivity contribution in [3.63, 3.8) is 0 Å². The second-order valence-electron chi connectivity index (χ2n) is 1.31. The van der Waals surface area contributed by atoms with E-state index in [1.54, 1.807) is 0 Å². The monoisotopic (exact) mass is 307 g/mol. The van der Waals surface area contributed by atoms with Gasteiger partial charge in [-0.25, -0.2) is 0 Å². The molecule has 0 spiro atoms. The van der Waals surface area contributed by atoms with E-state index in [0.717, 1.165) is 0 Å². The molecule has 1 heterocycles. The van der Waals surface area contributed by atoms with Crippen molar-refractivity contribution >= 4 is 0 Å². The number of rotatable bonds is 0. The molecule has 0 aliphatic carbocycles. The average molecular weight is 307 g/mol. The standard InChI is InChI=1S/C4H4N2O2.Pt/c7-3-1-2-4(8)6-5-3;/h1-2H,(H,5,7)(H,6,8);. The molecule has 1 aromatic rings. The third-order valence-electron chi connectivity index (χ3n) is 0.695. The van der Waals surface area contributed by atoms with Crippen LogP contribution in [0.4, 0.5) is 0 Å². The molecule has 0 aliphatic rings. The molecule has 5 heteroatoms. The van der Waals surface area contributed by atoms with Gasteiger partial charge in [0.2, 0.25) is 0 Å². The summed E-state index contributed by atoms with van der Waals surface area (Å²) >= 11 is 0. The van der Waals surface area contributed by atoms with Gasteiger partial charge in [-0.3, -0.25) is 19.8 Å². The number of hydrogen-bond donors (Lipinski definition) is 2. The van der Waals surface area contributed by atoms with E-state index in [4.69, 9.17) is 0 Å². The number of aromatic nitrogens is 2. The van der Waals surface area contributed by atoms with Crippen molar-refractivity contribution in [3.8, 4) is 0 Å². The Labute approximate surface area is 64.6 Å². The minimum absolute atomic E-state index is 0. The second kappa shape index (κ2) is 3.40. The first-order valence-corrected chi connectivity index (χ1v) is 2.07. The molecule has 2 N–H and O–H groups in total. The van der Waals surface area contributed by atoms with Gasteiger partial charge < -0.3 is 0 Å². The van der Waals surface area contributed by atoms with Gasteiger partial charge >= 0.3 is 0 Å². The Bertz CT molecular complexity index is 224. The fraction of sp³-hybridized carbons (Fsp3) is 0. The van der Waals surface area contributed by atoms with E-state index in [-0.39, 0.29) is 32.2 Å². The molecule has 0 aliphatic heterocycles. The van der Waals surface area contributed by atoms with Gasteiger partial charge in [-0.15, -0.1) is 0 Å². The Hall–Kier alpha value is -0.632. The van der Waals surface area contributed by atoms with E-state index >= 15 is 0 Å². The van der Waals surface area contributed by atoms with Crippen LogP contribution in [0.2, 0.25) is 0 Å². The molecule has 0 amide bonds. The van der Waals surface area contributed by atoms with Crippen LogP contribution in [-0.2, 0) is 21.1 Å². The topological polar surface area (TPSA) is 65.7 Å². The summed E-state index contributed by atoms with van der Waals surface area (Å²) in [6.07, 6.45) is 0. The second-order valence-corrected chi connectivity index (χ2v) is 1.31. The minimum Gasteiger partial charge on any atom is -0.268 e. The zero-order chi connectivity index (χ0) is 5.98. The summed E-state index contributed by atoms with van der Waals surface area (Å²) in [6, 6.07) is 2.33. The molecule has 1 rings (SSSR count). The van der Waals surface area contributed by atoms with Crippen LogP contribution in [0, 0.1) is 0 Å². The van der Waals surface area contributed by atoms with Crippen LogP contribution in [0.25, 0.3) is 0 Å². The Morgan fingerprint density at radius 3 is 1.56 bits per heavy atom. The average Bonchev–Trinajstić information content (AvgIpc) is 1.77. The molecular weight excluding hydrogens is 303 g/mol. The predicted octanol–water partition coefficient (Wildman–Crippen LogP) is -0.939. The maximum atomic E-state index is 10.2. The number of H-pyrrole nitrogens is 2. The zero-order valence-electron chi connectivity index (χ0n) is 4.29. The first-order chi connectivity index (χ1) is 3.79. The summed E-state index contributed by atoms with van der Waals surface area (Å²) in [5, 5.41) is 4.21. The van der Waals surface area contributed by atoms with Crippen molar-refractivity contribution in [1.29, 1.82) is 0 Å². The molecule has 0 saturated heterocycles. The third-order valence-corrected chi connectivity index (χ3v) is 0.695. The molecule has 0 atom stereocenters. The fourth-order valence-corrected chi connectivity index (χ4v) is 0.358. The Balaban J connectivity index is 0.000000640. The van der Waals surface area contributed by atoms with E-state index in [1.165, 1.54) is 12.1 Å². The van der Waals surface area contributed by atoms with Crippen LogP contribution in [0.1, 0.15) is 0 Å². The first kappa shape index (κ1) is 8.37. The molecular formula is C4H4N2O2Pt. The van der Waals surface area contributed by atoms with Crippen LogP contribution < -0.4 is 11.1 Å². The Kier molecular flexibility index (Phi) is 3.17. The first-order valence-electron chi connectivity index (χ1n) is 2.07. The van der Waals surface area contributed by atoms with Crippen molar-refractivity contribution in [3.05, 3.63) is 32.8 Å². The minimum atomic E-state index is -0.301. The van der Waals surface area contributed by atoms with Crippen molar-refractivity contribution in [2.75, 3.05) is 0 Å². The number of hydrogen-bond acceptors (Lipinski definition) is 2.